The van der Waals surface area contributed by atoms with E-state index in [1.165, 1.54) is 6.42 Å². The van der Waals surface area contributed by atoms with Crippen LogP contribution in [0.4, 0.5) is 0 Å². The van der Waals surface area contributed by atoms with Crippen LogP contribution in [0.2, 0.25) is 0 Å². The lowest BCUT2D eigenvalue weighted by Crippen LogP contribution is -2.31. The number of carbonyl (C=O) groups is 1. The minimum Gasteiger partial charge on any atom is -0.339 e. The summed E-state index contributed by atoms with van der Waals surface area (Å²) in [5.74, 6) is 1.73. The van der Waals surface area contributed by atoms with E-state index in [4.69, 9.17) is 4.52 Å². The number of thioether (sulfide) groups is 1. The second kappa shape index (κ2) is 7.17. The molecular formula is C17H21N3O2S. The highest BCUT2D eigenvalue weighted by molar-refractivity contribution is 7.98. The van der Waals surface area contributed by atoms with Gasteiger partial charge in [0, 0.05) is 17.4 Å². The molecule has 0 spiro atoms. The summed E-state index contributed by atoms with van der Waals surface area (Å²) in [7, 11) is 0. The molecule has 0 aliphatic heterocycles. The summed E-state index contributed by atoms with van der Waals surface area (Å²) in [5, 5.41) is 4.04. The monoisotopic (exact) mass is 331 g/mol. The van der Waals surface area contributed by atoms with Crippen molar-refractivity contribution in [2.45, 2.75) is 43.5 Å². The fraction of sp³-hybridized carbons (Fsp3) is 0.471. The zero-order valence-electron chi connectivity index (χ0n) is 13.5. The van der Waals surface area contributed by atoms with E-state index in [9.17, 15) is 4.79 Å². The summed E-state index contributed by atoms with van der Waals surface area (Å²) < 4.78 is 5.34. The number of hydrogen-bond donors (Lipinski definition) is 0. The van der Waals surface area contributed by atoms with Crippen molar-refractivity contribution in [3.05, 3.63) is 41.5 Å². The van der Waals surface area contributed by atoms with Crippen molar-refractivity contribution in [3.63, 3.8) is 0 Å². The van der Waals surface area contributed by atoms with Crippen LogP contribution in [0.1, 0.15) is 54.2 Å². The minimum atomic E-state index is 0.00689. The predicted octanol–water partition coefficient (Wildman–Crippen LogP) is 3.72. The van der Waals surface area contributed by atoms with Gasteiger partial charge in [-0.3, -0.25) is 4.79 Å². The number of amides is 1. The molecule has 1 aliphatic rings. The maximum Gasteiger partial charge on any atom is 0.255 e. The van der Waals surface area contributed by atoms with Crippen LogP contribution in [0.3, 0.4) is 0 Å². The maximum absolute atomic E-state index is 12.8. The molecule has 1 aliphatic carbocycles. The maximum atomic E-state index is 12.8. The molecule has 122 valence electrons. The van der Waals surface area contributed by atoms with Gasteiger partial charge in [-0.2, -0.15) is 4.98 Å². The van der Waals surface area contributed by atoms with E-state index in [2.05, 4.69) is 10.1 Å². The Kier molecular flexibility index (Phi) is 5.00. The quantitative estimate of drug-likeness (QED) is 0.755. The molecule has 1 aromatic heterocycles. The van der Waals surface area contributed by atoms with Gasteiger partial charge in [-0.1, -0.05) is 23.7 Å². The van der Waals surface area contributed by atoms with Gasteiger partial charge in [-0.25, -0.2) is 0 Å². The molecule has 0 bridgehead atoms. The van der Waals surface area contributed by atoms with Crippen molar-refractivity contribution in [2.75, 3.05) is 12.8 Å². The second-order valence-electron chi connectivity index (χ2n) is 5.70. The molecule has 1 aromatic carbocycles. The molecule has 3 rings (SSSR count). The zero-order valence-corrected chi connectivity index (χ0v) is 14.3. The van der Waals surface area contributed by atoms with Crippen molar-refractivity contribution < 1.29 is 9.32 Å². The number of nitrogens with zero attached hydrogens (tertiary/aromatic N) is 3. The van der Waals surface area contributed by atoms with Gasteiger partial charge in [-0.05, 0) is 38.2 Å². The first-order chi connectivity index (χ1) is 11.2. The minimum absolute atomic E-state index is 0.00689. The first-order valence-electron chi connectivity index (χ1n) is 7.97. The number of rotatable bonds is 6. The van der Waals surface area contributed by atoms with E-state index in [1.54, 1.807) is 16.7 Å². The number of hydrogen-bond acceptors (Lipinski definition) is 5. The van der Waals surface area contributed by atoms with Crippen molar-refractivity contribution >= 4 is 17.7 Å². The Hall–Kier alpha value is -1.82. The molecule has 2 aromatic rings. The average molecular weight is 331 g/mol. The molecule has 0 radical (unpaired) electrons. The van der Waals surface area contributed by atoms with Crippen molar-refractivity contribution in [1.82, 2.24) is 15.0 Å². The van der Waals surface area contributed by atoms with E-state index in [-0.39, 0.29) is 5.91 Å². The number of aromatic nitrogens is 2. The third kappa shape index (κ3) is 3.42. The molecule has 1 saturated carbocycles. The van der Waals surface area contributed by atoms with Gasteiger partial charge in [0.15, 0.2) is 5.82 Å². The van der Waals surface area contributed by atoms with Gasteiger partial charge >= 0.3 is 0 Å². The second-order valence-corrected chi connectivity index (χ2v) is 6.54. The molecule has 6 heteroatoms. The molecule has 0 N–H and O–H groups in total. The Labute approximate surface area is 140 Å². The molecule has 0 saturated heterocycles. The highest BCUT2D eigenvalue weighted by Crippen LogP contribution is 2.35. The van der Waals surface area contributed by atoms with Gasteiger partial charge in [-0.15, -0.1) is 11.8 Å². The predicted molar refractivity (Wildman–Crippen MR) is 89.5 cm³/mol. The third-order valence-electron chi connectivity index (χ3n) is 4.28. The topological polar surface area (TPSA) is 59.2 Å². The Morgan fingerprint density at radius 2 is 2.17 bits per heavy atom. The first-order valence-corrected chi connectivity index (χ1v) is 9.20. The van der Waals surface area contributed by atoms with Gasteiger partial charge in [0.25, 0.3) is 5.91 Å². The Bertz CT molecular complexity index is 682. The fourth-order valence-electron chi connectivity index (χ4n) is 2.64. The lowest BCUT2D eigenvalue weighted by atomic mass is 9.85. The highest BCUT2D eigenvalue weighted by atomic mass is 32.2. The molecule has 23 heavy (non-hydrogen) atoms. The standard InChI is InChI=1S/C17H21N3O2S/c1-3-20(17(21)13-9-4-5-10-14(13)23-2)11-15-18-16(22-19-15)12-7-6-8-12/h4-5,9-10,12H,3,6-8,11H2,1-2H3. The molecular weight excluding hydrogens is 310 g/mol. The third-order valence-corrected chi connectivity index (χ3v) is 5.07. The summed E-state index contributed by atoms with van der Waals surface area (Å²) >= 11 is 1.58. The lowest BCUT2D eigenvalue weighted by molar-refractivity contribution is 0.0744. The smallest absolute Gasteiger partial charge is 0.255 e. The van der Waals surface area contributed by atoms with E-state index < -0.39 is 0 Å². The summed E-state index contributed by atoms with van der Waals surface area (Å²) in [6.07, 6.45) is 5.46. The van der Waals surface area contributed by atoms with Crippen LogP contribution >= 0.6 is 11.8 Å². The Morgan fingerprint density at radius 3 is 2.83 bits per heavy atom. The highest BCUT2D eigenvalue weighted by Gasteiger charge is 2.26. The molecule has 1 heterocycles. The summed E-state index contributed by atoms with van der Waals surface area (Å²) in [6, 6.07) is 7.68. The number of benzene rings is 1. The van der Waals surface area contributed by atoms with Crippen LogP contribution < -0.4 is 0 Å². The summed E-state index contributed by atoms with van der Waals surface area (Å²) in [6.45, 7) is 2.95. The van der Waals surface area contributed by atoms with Crippen LogP contribution in [0, 0.1) is 0 Å². The Balaban J connectivity index is 1.74. The van der Waals surface area contributed by atoms with Gasteiger partial charge in [0.1, 0.15) is 0 Å². The van der Waals surface area contributed by atoms with Gasteiger partial charge < -0.3 is 9.42 Å². The van der Waals surface area contributed by atoms with Crippen LogP contribution in [0.25, 0.3) is 0 Å². The van der Waals surface area contributed by atoms with Gasteiger partial charge in [0.05, 0.1) is 12.1 Å². The number of carbonyl (C=O) groups excluding carboxylic acids is 1. The van der Waals surface area contributed by atoms with E-state index in [0.717, 1.165) is 29.2 Å². The van der Waals surface area contributed by atoms with Crippen molar-refractivity contribution in [2.24, 2.45) is 0 Å². The van der Waals surface area contributed by atoms with E-state index in [1.807, 2.05) is 37.4 Å². The van der Waals surface area contributed by atoms with Crippen LogP contribution in [-0.4, -0.2) is 33.7 Å². The molecule has 5 nitrogen and oxygen atoms in total. The van der Waals surface area contributed by atoms with Gasteiger partial charge in [0.2, 0.25) is 5.89 Å². The SMILES string of the molecule is CCN(Cc1noc(C2CCC2)n1)C(=O)c1ccccc1SC. The normalized spacial score (nSPS) is 14.5. The molecule has 1 fully saturated rings. The fourth-order valence-corrected chi connectivity index (χ4v) is 3.23. The van der Waals surface area contributed by atoms with E-state index >= 15 is 0 Å². The van der Waals surface area contributed by atoms with Crippen LogP contribution in [0.15, 0.2) is 33.7 Å². The largest absolute Gasteiger partial charge is 0.339 e. The molecule has 0 atom stereocenters. The summed E-state index contributed by atoms with van der Waals surface area (Å²) in [4.78, 5) is 20.0. The van der Waals surface area contributed by atoms with Crippen molar-refractivity contribution in [1.29, 1.82) is 0 Å². The first kappa shape index (κ1) is 16.1. The van der Waals surface area contributed by atoms with Crippen LogP contribution in [0.5, 0.6) is 0 Å². The van der Waals surface area contributed by atoms with Crippen LogP contribution in [-0.2, 0) is 6.54 Å². The molecule has 0 unspecified atom stereocenters. The Morgan fingerprint density at radius 1 is 1.39 bits per heavy atom. The summed E-state index contributed by atoms with van der Waals surface area (Å²) in [5.41, 5.74) is 0.726. The van der Waals surface area contributed by atoms with Crippen molar-refractivity contribution in [3.8, 4) is 0 Å². The van der Waals surface area contributed by atoms with E-state index in [0.29, 0.717) is 24.8 Å². The molecule has 1 amide bonds. The lowest BCUT2D eigenvalue weighted by Gasteiger charge is -2.21. The average Bonchev–Trinajstić information content (AvgIpc) is 2.98. The zero-order chi connectivity index (χ0) is 16.2.